The fraction of sp³-hybridized carbons (Fsp3) is 0.891. The van der Waals surface area contributed by atoms with Crippen LogP contribution in [-0.2, 0) is 28.6 Å². The Morgan fingerprint density at radius 3 is 0.800 bits per heavy atom. The molecule has 0 amide bonds. The number of hydrogen-bond donors (Lipinski definition) is 0. The third kappa shape index (κ3) is 56.8. The van der Waals surface area contributed by atoms with Crippen molar-refractivity contribution in [1.29, 1.82) is 0 Å². The fourth-order valence-corrected chi connectivity index (χ4v) is 9.48. The molecule has 0 bridgehead atoms. The molecule has 0 aromatic heterocycles. The van der Waals surface area contributed by atoms with Crippen molar-refractivity contribution in [3.05, 3.63) is 24.3 Å². The van der Waals surface area contributed by atoms with Gasteiger partial charge in [0.05, 0.1) is 0 Å². The average molecular weight is 986 g/mol. The summed E-state index contributed by atoms with van der Waals surface area (Å²) >= 11 is 0. The molecule has 0 aliphatic rings. The van der Waals surface area contributed by atoms with Gasteiger partial charge >= 0.3 is 17.9 Å². The maximum absolute atomic E-state index is 12.9. The van der Waals surface area contributed by atoms with Gasteiger partial charge in [0.15, 0.2) is 6.10 Å². The largest absolute Gasteiger partial charge is 0.462 e. The molecule has 0 N–H and O–H groups in total. The Kier molecular flexibility index (Phi) is 57.7. The molecular formula is C64H120O6. The summed E-state index contributed by atoms with van der Waals surface area (Å²) in [5, 5.41) is 0. The van der Waals surface area contributed by atoms with E-state index in [9.17, 15) is 14.4 Å². The summed E-state index contributed by atoms with van der Waals surface area (Å²) in [7, 11) is 0. The first-order valence-electron chi connectivity index (χ1n) is 31.3. The monoisotopic (exact) mass is 985 g/mol. The zero-order chi connectivity index (χ0) is 50.7. The minimum Gasteiger partial charge on any atom is -0.462 e. The van der Waals surface area contributed by atoms with E-state index in [2.05, 4.69) is 45.1 Å². The quantitative estimate of drug-likeness (QED) is 0.0261. The molecule has 0 aliphatic carbocycles. The maximum atomic E-state index is 12.9. The van der Waals surface area contributed by atoms with E-state index < -0.39 is 6.10 Å². The topological polar surface area (TPSA) is 78.9 Å². The van der Waals surface area contributed by atoms with Crippen LogP contribution in [0.1, 0.15) is 348 Å². The van der Waals surface area contributed by atoms with Crippen LogP contribution < -0.4 is 0 Å². The van der Waals surface area contributed by atoms with Crippen LogP contribution in [0, 0.1) is 0 Å². The normalized spacial score (nSPS) is 12.1. The van der Waals surface area contributed by atoms with E-state index >= 15 is 0 Å². The Labute approximate surface area is 436 Å². The second kappa shape index (κ2) is 59.5. The molecule has 0 aliphatic heterocycles. The van der Waals surface area contributed by atoms with E-state index in [1.165, 1.54) is 238 Å². The summed E-state index contributed by atoms with van der Waals surface area (Å²) in [5.74, 6) is -0.851. The number of hydrogen-bond acceptors (Lipinski definition) is 6. The molecule has 6 heteroatoms. The predicted molar refractivity (Wildman–Crippen MR) is 303 cm³/mol. The van der Waals surface area contributed by atoms with Crippen molar-refractivity contribution < 1.29 is 28.6 Å². The molecule has 0 aromatic rings. The Balaban J connectivity index is 4.26. The minimum absolute atomic E-state index is 0.0687. The number of esters is 3. The van der Waals surface area contributed by atoms with E-state index in [-0.39, 0.29) is 31.1 Å². The zero-order valence-electron chi connectivity index (χ0n) is 47.3. The van der Waals surface area contributed by atoms with Gasteiger partial charge in [0, 0.05) is 19.3 Å². The summed E-state index contributed by atoms with van der Waals surface area (Å²) in [4.78, 5) is 38.2. The lowest BCUT2D eigenvalue weighted by Crippen LogP contribution is -2.30. The summed E-state index contributed by atoms with van der Waals surface area (Å²) in [6, 6.07) is 0. The lowest BCUT2D eigenvalue weighted by Gasteiger charge is -2.18. The smallest absolute Gasteiger partial charge is 0.306 e. The van der Waals surface area contributed by atoms with Gasteiger partial charge in [-0.15, -0.1) is 0 Å². The summed E-state index contributed by atoms with van der Waals surface area (Å²) in [6.07, 6.45) is 70.4. The van der Waals surface area contributed by atoms with E-state index in [1.807, 2.05) is 0 Å². The van der Waals surface area contributed by atoms with Gasteiger partial charge in [-0.05, 0) is 51.4 Å². The highest BCUT2D eigenvalue weighted by molar-refractivity contribution is 5.71. The number of ether oxygens (including phenoxy) is 3. The number of allylic oxidation sites excluding steroid dienone is 4. The van der Waals surface area contributed by atoms with Crippen molar-refractivity contribution in [1.82, 2.24) is 0 Å². The van der Waals surface area contributed by atoms with Gasteiger partial charge in [-0.25, -0.2) is 0 Å². The van der Waals surface area contributed by atoms with Crippen molar-refractivity contribution in [2.75, 3.05) is 13.2 Å². The molecule has 1 atom stereocenters. The number of carbonyl (C=O) groups excluding carboxylic acids is 3. The van der Waals surface area contributed by atoms with Gasteiger partial charge in [-0.1, -0.05) is 302 Å². The van der Waals surface area contributed by atoms with E-state index in [4.69, 9.17) is 14.2 Å². The van der Waals surface area contributed by atoms with Crippen LogP contribution in [0.2, 0.25) is 0 Å². The second-order valence-corrected chi connectivity index (χ2v) is 21.3. The van der Waals surface area contributed by atoms with Crippen LogP contribution in [0.15, 0.2) is 24.3 Å². The Morgan fingerprint density at radius 2 is 0.514 bits per heavy atom. The zero-order valence-corrected chi connectivity index (χ0v) is 47.3. The summed E-state index contributed by atoms with van der Waals surface area (Å²) in [5.41, 5.74) is 0. The highest BCUT2D eigenvalue weighted by atomic mass is 16.6. The SMILES string of the molecule is CCCCCC/C=C\C/C=C\CCCCCCCCCC(=O)OC(COC(=O)CCCCCCCCCCCCCC)COC(=O)CCCCCCCCCCCCCCCCCCCCCCCC. The number of rotatable bonds is 58. The van der Waals surface area contributed by atoms with Crippen LogP contribution in [0.3, 0.4) is 0 Å². The molecule has 0 aromatic carbocycles. The van der Waals surface area contributed by atoms with Gasteiger partial charge in [0.1, 0.15) is 13.2 Å². The first kappa shape index (κ1) is 67.9. The first-order chi connectivity index (χ1) is 34.5. The van der Waals surface area contributed by atoms with E-state index in [1.54, 1.807) is 0 Å². The van der Waals surface area contributed by atoms with Crippen molar-refractivity contribution >= 4 is 17.9 Å². The van der Waals surface area contributed by atoms with Gasteiger partial charge in [0.25, 0.3) is 0 Å². The molecule has 0 radical (unpaired) electrons. The van der Waals surface area contributed by atoms with Crippen LogP contribution in [0.25, 0.3) is 0 Å². The molecule has 6 nitrogen and oxygen atoms in total. The van der Waals surface area contributed by atoms with Crippen molar-refractivity contribution in [2.24, 2.45) is 0 Å². The molecule has 0 saturated carbocycles. The number of carbonyl (C=O) groups is 3. The first-order valence-corrected chi connectivity index (χ1v) is 31.3. The maximum Gasteiger partial charge on any atom is 0.306 e. The lowest BCUT2D eigenvalue weighted by atomic mass is 10.0. The van der Waals surface area contributed by atoms with Crippen LogP contribution >= 0.6 is 0 Å². The minimum atomic E-state index is -0.771. The Bertz CT molecular complexity index is 1130. The van der Waals surface area contributed by atoms with Gasteiger partial charge in [-0.3, -0.25) is 14.4 Å². The van der Waals surface area contributed by atoms with Crippen LogP contribution in [-0.4, -0.2) is 37.2 Å². The molecule has 0 spiro atoms. The van der Waals surface area contributed by atoms with Gasteiger partial charge in [-0.2, -0.15) is 0 Å². The number of unbranched alkanes of at least 4 members (excludes halogenated alkanes) is 43. The van der Waals surface area contributed by atoms with Crippen molar-refractivity contribution in [2.45, 2.75) is 354 Å². The Hall–Kier alpha value is -2.11. The molecule has 0 saturated heterocycles. The van der Waals surface area contributed by atoms with E-state index in [0.717, 1.165) is 70.6 Å². The molecule has 1 unspecified atom stereocenters. The van der Waals surface area contributed by atoms with Crippen molar-refractivity contribution in [3.63, 3.8) is 0 Å². The highest BCUT2D eigenvalue weighted by Gasteiger charge is 2.19. The molecule has 412 valence electrons. The molecule has 0 rings (SSSR count). The lowest BCUT2D eigenvalue weighted by molar-refractivity contribution is -0.167. The second-order valence-electron chi connectivity index (χ2n) is 21.3. The Morgan fingerprint density at radius 1 is 0.286 bits per heavy atom. The molecule has 70 heavy (non-hydrogen) atoms. The summed E-state index contributed by atoms with van der Waals surface area (Å²) < 4.78 is 16.9. The van der Waals surface area contributed by atoms with E-state index in [0.29, 0.717) is 19.3 Å². The average Bonchev–Trinajstić information content (AvgIpc) is 3.36. The highest BCUT2D eigenvalue weighted by Crippen LogP contribution is 2.18. The van der Waals surface area contributed by atoms with Crippen LogP contribution in [0.4, 0.5) is 0 Å². The molecular weight excluding hydrogens is 865 g/mol. The third-order valence-electron chi connectivity index (χ3n) is 14.2. The summed E-state index contributed by atoms with van der Waals surface area (Å²) in [6.45, 7) is 6.68. The molecule has 0 heterocycles. The van der Waals surface area contributed by atoms with Gasteiger partial charge < -0.3 is 14.2 Å². The standard InChI is InChI=1S/C64H120O6/c1-4-7-10-13-16-19-22-25-27-29-31-32-33-34-36-37-39-42-45-48-51-54-57-63(66)69-60-61(59-68-62(65)56-53-50-47-44-41-24-21-18-15-12-9-6-3)70-64(67)58-55-52-49-46-43-40-38-35-30-28-26-23-20-17-14-11-8-5-2/h20,23,28,30,61H,4-19,21-22,24-27,29,31-60H2,1-3H3/b23-20-,30-28-. The fourth-order valence-electron chi connectivity index (χ4n) is 9.48. The molecule has 0 fully saturated rings. The predicted octanol–water partition coefficient (Wildman–Crippen LogP) is 21.1. The van der Waals surface area contributed by atoms with Gasteiger partial charge in [0.2, 0.25) is 0 Å². The third-order valence-corrected chi connectivity index (χ3v) is 14.2. The van der Waals surface area contributed by atoms with Crippen LogP contribution in [0.5, 0.6) is 0 Å². The van der Waals surface area contributed by atoms with Crippen molar-refractivity contribution in [3.8, 4) is 0 Å².